The van der Waals surface area contributed by atoms with Crippen molar-refractivity contribution in [3.8, 4) is 11.5 Å². The van der Waals surface area contributed by atoms with E-state index in [1.54, 1.807) is 24.3 Å². The molecule has 1 atom stereocenters. The zero-order chi connectivity index (χ0) is 21.3. The fourth-order valence-electron chi connectivity index (χ4n) is 3.08. The van der Waals surface area contributed by atoms with Crippen molar-refractivity contribution >= 4 is 34.6 Å². The maximum atomic E-state index is 12.4. The molecular formula is C21H27N3O5S. The Labute approximate surface area is 181 Å². The van der Waals surface area contributed by atoms with Crippen molar-refractivity contribution in [2.24, 2.45) is 0 Å². The number of carbonyl (C=O) groups is 1. The maximum Gasteiger partial charge on any atom is 0.291 e. The molecule has 9 heteroatoms. The number of hydrogen-bond donors (Lipinski definition) is 3. The molecule has 1 saturated heterocycles. The minimum Gasteiger partial charge on any atom is -0.492 e. The predicted octanol–water partition coefficient (Wildman–Crippen LogP) is 3.79. The van der Waals surface area contributed by atoms with Crippen LogP contribution in [0.15, 0.2) is 34.9 Å². The third kappa shape index (κ3) is 5.87. The van der Waals surface area contributed by atoms with Crippen LogP contribution in [0.25, 0.3) is 0 Å². The van der Waals surface area contributed by atoms with Crippen LogP contribution in [0.4, 0.5) is 11.4 Å². The summed E-state index contributed by atoms with van der Waals surface area (Å²) in [5.41, 5.74) is 1.12. The van der Waals surface area contributed by atoms with E-state index in [1.807, 2.05) is 13.8 Å². The number of nitrogens with one attached hydrogen (secondary N) is 3. The molecule has 1 fully saturated rings. The van der Waals surface area contributed by atoms with Crippen molar-refractivity contribution in [2.45, 2.75) is 32.8 Å². The van der Waals surface area contributed by atoms with E-state index in [1.165, 1.54) is 6.26 Å². The molecule has 2 heterocycles. The summed E-state index contributed by atoms with van der Waals surface area (Å²) in [4.78, 5) is 12.4. The predicted molar refractivity (Wildman–Crippen MR) is 119 cm³/mol. The van der Waals surface area contributed by atoms with E-state index >= 15 is 0 Å². The highest BCUT2D eigenvalue weighted by molar-refractivity contribution is 7.80. The highest BCUT2D eigenvalue weighted by Gasteiger charge is 2.18. The van der Waals surface area contributed by atoms with Crippen LogP contribution in [-0.2, 0) is 4.74 Å². The summed E-state index contributed by atoms with van der Waals surface area (Å²) in [6, 6.07) is 6.71. The summed E-state index contributed by atoms with van der Waals surface area (Å²) in [7, 11) is 0. The second-order valence-electron chi connectivity index (χ2n) is 6.61. The quantitative estimate of drug-likeness (QED) is 0.514. The topological polar surface area (TPSA) is 94.0 Å². The van der Waals surface area contributed by atoms with Gasteiger partial charge in [-0.1, -0.05) is 0 Å². The summed E-state index contributed by atoms with van der Waals surface area (Å²) >= 11 is 5.42. The average Bonchev–Trinajstić information content (AvgIpc) is 3.44. The second kappa shape index (κ2) is 10.8. The van der Waals surface area contributed by atoms with Crippen LogP contribution in [-0.4, -0.2) is 43.5 Å². The summed E-state index contributed by atoms with van der Waals surface area (Å²) in [6.07, 6.45) is 3.72. The van der Waals surface area contributed by atoms with Crippen molar-refractivity contribution in [2.75, 3.05) is 37.0 Å². The van der Waals surface area contributed by atoms with Gasteiger partial charge in [0, 0.05) is 25.3 Å². The molecule has 1 aromatic heterocycles. The molecule has 0 aliphatic carbocycles. The Balaban J connectivity index is 1.76. The van der Waals surface area contributed by atoms with Crippen LogP contribution in [0.3, 0.4) is 0 Å². The molecule has 0 saturated carbocycles. The normalized spacial score (nSPS) is 15.5. The van der Waals surface area contributed by atoms with Gasteiger partial charge in [0.15, 0.2) is 10.9 Å². The first-order chi connectivity index (χ1) is 14.6. The number of amides is 1. The van der Waals surface area contributed by atoms with Gasteiger partial charge in [-0.25, -0.2) is 0 Å². The summed E-state index contributed by atoms with van der Waals surface area (Å²) < 4.78 is 22.3. The Morgan fingerprint density at radius 1 is 1.17 bits per heavy atom. The Bertz CT molecular complexity index is 851. The Morgan fingerprint density at radius 2 is 1.87 bits per heavy atom. The molecule has 1 aliphatic heterocycles. The molecule has 1 unspecified atom stereocenters. The maximum absolute atomic E-state index is 12.4. The molecule has 8 nitrogen and oxygen atoms in total. The number of anilines is 2. The molecule has 0 bridgehead atoms. The van der Waals surface area contributed by atoms with Crippen molar-refractivity contribution in [1.29, 1.82) is 0 Å². The molecule has 162 valence electrons. The molecule has 2 aromatic rings. The summed E-state index contributed by atoms with van der Waals surface area (Å²) in [5.74, 6) is 0.859. The van der Waals surface area contributed by atoms with E-state index < -0.39 is 0 Å². The Hall–Kier alpha value is -2.78. The number of furan rings is 1. The number of carbonyl (C=O) groups excluding carboxylic acids is 1. The minimum absolute atomic E-state index is 0.175. The van der Waals surface area contributed by atoms with Gasteiger partial charge in [0.25, 0.3) is 5.91 Å². The van der Waals surface area contributed by atoms with E-state index in [4.69, 9.17) is 30.8 Å². The van der Waals surface area contributed by atoms with Crippen LogP contribution in [0.5, 0.6) is 11.5 Å². The lowest BCUT2D eigenvalue weighted by Gasteiger charge is -2.19. The first-order valence-electron chi connectivity index (χ1n) is 10.1. The fourth-order valence-corrected chi connectivity index (χ4v) is 3.27. The van der Waals surface area contributed by atoms with Crippen molar-refractivity contribution in [3.63, 3.8) is 0 Å². The average molecular weight is 434 g/mol. The van der Waals surface area contributed by atoms with Crippen molar-refractivity contribution in [3.05, 3.63) is 36.3 Å². The number of thiocarbonyl (C=S) groups is 1. The third-order valence-electron chi connectivity index (χ3n) is 4.44. The van der Waals surface area contributed by atoms with Crippen LogP contribution in [0.2, 0.25) is 0 Å². The highest BCUT2D eigenvalue weighted by atomic mass is 32.1. The van der Waals surface area contributed by atoms with Gasteiger partial charge in [-0.05, 0) is 51.0 Å². The molecule has 3 rings (SSSR count). The molecule has 30 heavy (non-hydrogen) atoms. The Kier molecular flexibility index (Phi) is 7.92. The van der Waals surface area contributed by atoms with Gasteiger partial charge >= 0.3 is 0 Å². The number of rotatable bonds is 9. The van der Waals surface area contributed by atoms with Gasteiger partial charge in [-0.3, -0.25) is 4.79 Å². The van der Waals surface area contributed by atoms with Crippen LogP contribution in [0.1, 0.15) is 37.2 Å². The molecule has 0 spiro atoms. The Morgan fingerprint density at radius 3 is 2.43 bits per heavy atom. The first kappa shape index (κ1) is 21.9. The lowest BCUT2D eigenvalue weighted by Crippen LogP contribution is -2.34. The smallest absolute Gasteiger partial charge is 0.291 e. The molecule has 1 aliphatic rings. The molecule has 1 amide bonds. The monoisotopic (exact) mass is 433 g/mol. The van der Waals surface area contributed by atoms with Gasteiger partial charge in [-0.2, -0.15) is 0 Å². The minimum atomic E-state index is -0.377. The van der Waals surface area contributed by atoms with E-state index in [2.05, 4.69) is 16.0 Å². The molecule has 1 aromatic carbocycles. The van der Waals surface area contributed by atoms with Gasteiger partial charge in [0.2, 0.25) is 0 Å². The molecule has 0 radical (unpaired) electrons. The van der Waals surface area contributed by atoms with Gasteiger partial charge in [0.1, 0.15) is 11.5 Å². The molecule has 3 N–H and O–H groups in total. The molecular weight excluding hydrogens is 406 g/mol. The lowest BCUT2D eigenvalue weighted by atomic mass is 10.2. The fraction of sp³-hybridized carbons (Fsp3) is 0.429. The summed E-state index contributed by atoms with van der Waals surface area (Å²) in [6.45, 7) is 6.07. The third-order valence-corrected chi connectivity index (χ3v) is 4.68. The van der Waals surface area contributed by atoms with Gasteiger partial charge < -0.3 is 34.6 Å². The standard InChI is InChI=1S/C21H27N3O5S/c1-3-26-18-12-16(24-21(30)22-13-14-7-5-9-28-14)19(27-4-2)11-15(18)23-20(25)17-8-6-10-29-17/h6,8,10-12,14H,3-5,7,9,13H2,1-2H3,(H,23,25)(H2,22,24,30). The van der Waals surface area contributed by atoms with Crippen LogP contribution >= 0.6 is 12.2 Å². The van der Waals surface area contributed by atoms with E-state index in [-0.39, 0.29) is 17.8 Å². The van der Waals surface area contributed by atoms with E-state index in [0.29, 0.717) is 47.7 Å². The van der Waals surface area contributed by atoms with Crippen molar-refractivity contribution < 1.29 is 23.4 Å². The number of ether oxygens (including phenoxy) is 3. The second-order valence-corrected chi connectivity index (χ2v) is 7.02. The van der Waals surface area contributed by atoms with Crippen molar-refractivity contribution in [1.82, 2.24) is 5.32 Å². The SMILES string of the molecule is CCOc1cc(NC(=S)NCC2CCCO2)c(OCC)cc1NC(=O)c1ccco1. The summed E-state index contributed by atoms with van der Waals surface area (Å²) in [5, 5.41) is 9.60. The largest absolute Gasteiger partial charge is 0.492 e. The van der Waals surface area contributed by atoms with Gasteiger partial charge in [-0.15, -0.1) is 0 Å². The number of hydrogen-bond acceptors (Lipinski definition) is 6. The van der Waals surface area contributed by atoms with Crippen LogP contribution in [0, 0.1) is 0 Å². The van der Waals surface area contributed by atoms with E-state index in [0.717, 1.165) is 19.4 Å². The van der Waals surface area contributed by atoms with Crippen LogP contribution < -0.4 is 25.4 Å². The number of benzene rings is 1. The van der Waals surface area contributed by atoms with Gasteiger partial charge in [0.05, 0.1) is 37.0 Å². The zero-order valence-electron chi connectivity index (χ0n) is 17.2. The zero-order valence-corrected chi connectivity index (χ0v) is 18.0. The highest BCUT2D eigenvalue weighted by Crippen LogP contribution is 2.37. The lowest BCUT2D eigenvalue weighted by molar-refractivity contribution is 0.0996. The van der Waals surface area contributed by atoms with E-state index in [9.17, 15) is 4.79 Å². The first-order valence-corrected chi connectivity index (χ1v) is 10.5.